The lowest BCUT2D eigenvalue weighted by atomic mass is 10.0. The van der Waals surface area contributed by atoms with Crippen LogP contribution >= 0.6 is 0 Å². The van der Waals surface area contributed by atoms with Crippen molar-refractivity contribution in [1.82, 2.24) is 4.90 Å². The number of carbonyl (C=O) groups is 1. The summed E-state index contributed by atoms with van der Waals surface area (Å²) in [4.78, 5) is 15.1. The fourth-order valence-corrected chi connectivity index (χ4v) is 5.47. The van der Waals surface area contributed by atoms with Crippen molar-refractivity contribution in [2.24, 2.45) is 0 Å². The van der Waals surface area contributed by atoms with Crippen molar-refractivity contribution in [2.75, 3.05) is 11.5 Å². The number of hydrogen-bond donors (Lipinski definition) is 0. The molecule has 1 fully saturated rings. The average Bonchev–Trinajstić information content (AvgIpc) is 3.06. The first kappa shape index (κ1) is 18.6. The normalized spacial score (nSPS) is 18.2. The Hall–Kier alpha value is -2.73. The first-order valence-corrected chi connectivity index (χ1v) is 11.0. The molecule has 1 unspecified atom stereocenters. The third-order valence-electron chi connectivity index (χ3n) is 5.20. The molecule has 4 rings (SSSR count). The minimum atomic E-state index is -3.15. The summed E-state index contributed by atoms with van der Waals surface area (Å²) in [5.41, 5.74) is 1.31. The number of amides is 1. The summed E-state index contributed by atoms with van der Waals surface area (Å²) in [7, 11) is -3.15. The van der Waals surface area contributed by atoms with Gasteiger partial charge in [0, 0.05) is 18.2 Å². The molecule has 0 saturated carbocycles. The van der Waals surface area contributed by atoms with Gasteiger partial charge in [-0.2, -0.15) is 0 Å². The van der Waals surface area contributed by atoms with Crippen LogP contribution in [0.2, 0.25) is 0 Å². The van der Waals surface area contributed by atoms with Crippen LogP contribution in [-0.2, 0) is 16.4 Å². The third-order valence-corrected chi connectivity index (χ3v) is 6.95. The van der Waals surface area contributed by atoms with E-state index in [1.54, 1.807) is 23.1 Å². The second-order valence-electron chi connectivity index (χ2n) is 7.14. The summed E-state index contributed by atoms with van der Waals surface area (Å²) in [6.07, 6.45) is 0.417. The van der Waals surface area contributed by atoms with Gasteiger partial charge in [0.2, 0.25) is 0 Å². The van der Waals surface area contributed by atoms with E-state index in [4.69, 9.17) is 0 Å². The Bertz CT molecular complexity index is 1120. The molecule has 0 aliphatic carbocycles. The average molecular weight is 397 g/mol. The lowest BCUT2D eigenvalue weighted by Crippen LogP contribution is -2.40. The van der Waals surface area contributed by atoms with Crippen LogP contribution in [-0.4, -0.2) is 36.8 Å². The second-order valence-corrected chi connectivity index (χ2v) is 9.37. The number of nitrogens with zero attached hydrogens (tertiary/aromatic N) is 1. The van der Waals surface area contributed by atoms with Crippen LogP contribution in [0.25, 0.3) is 10.8 Å². The Kier molecular flexibility index (Phi) is 4.89. The van der Waals surface area contributed by atoms with Crippen molar-refractivity contribution in [2.45, 2.75) is 19.0 Å². The fraction of sp³-hybridized carbons (Fsp3) is 0.227. The van der Waals surface area contributed by atoms with Gasteiger partial charge in [0.05, 0.1) is 11.5 Å². The molecule has 1 heterocycles. The summed E-state index contributed by atoms with van der Waals surface area (Å²) >= 11 is 0. The van der Waals surface area contributed by atoms with E-state index in [9.17, 15) is 17.6 Å². The molecule has 28 heavy (non-hydrogen) atoms. The van der Waals surface area contributed by atoms with Gasteiger partial charge in [-0.25, -0.2) is 12.8 Å². The van der Waals surface area contributed by atoms with Crippen LogP contribution in [0.5, 0.6) is 0 Å². The molecule has 3 aromatic rings. The molecule has 1 aliphatic rings. The predicted molar refractivity (Wildman–Crippen MR) is 107 cm³/mol. The lowest BCUT2D eigenvalue weighted by Gasteiger charge is -2.29. The molecule has 0 N–H and O–H groups in total. The van der Waals surface area contributed by atoms with E-state index in [1.165, 1.54) is 12.1 Å². The molecule has 0 aromatic heterocycles. The van der Waals surface area contributed by atoms with Gasteiger partial charge in [-0.05, 0) is 41.0 Å². The number of rotatable bonds is 4. The van der Waals surface area contributed by atoms with E-state index in [-0.39, 0.29) is 35.8 Å². The van der Waals surface area contributed by atoms with Gasteiger partial charge in [-0.1, -0.05) is 48.5 Å². The smallest absolute Gasteiger partial charge is 0.255 e. The van der Waals surface area contributed by atoms with Gasteiger partial charge in [-0.3, -0.25) is 4.79 Å². The molecule has 0 spiro atoms. The monoisotopic (exact) mass is 397 g/mol. The van der Waals surface area contributed by atoms with Gasteiger partial charge < -0.3 is 4.90 Å². The predicted octanol–water partition coefficient (Wildman–Crippen LogP) is 3.81. The van der Waals surface area contributed by atoms with E-state index in [1.807, 2.05) is 36.4 Å². The highest BCUT2D eigenvalue weighted by Crippen LogP contribution is 2.26. The van der Waals surface area contributed by atoms with E-state index < -0.39 is 9.84 Å². The molecule has 1 aliphatic heterocycles. The number of halogens is 1. The highest BCUT2D eigenvalue weighted by atomic mass is 32.2. The van der Waals surface area contributed by atoms with Crippen LogP contribution < -0.4 is 0 Å². The van der Waals surface area contributed by atoms with E-state index in [0.29, 0.717) is 12.0 Å². The molecule has 144 valence electrons. The zero-order chi connectivity index (χ0) is 19.7. The first-order chi connectivity index (χ1) is 13.4. The highest BCUT2D eigenvalue weighted by molar-refractivity contribution is 7.91. The number of hydrogen-bond acceptors (Lipinski definition) is 3. The van der Waals surface area contributed by atoms with Crippen LogP contribution in [0, 0.1) is 5.82 Å². The van der Waals surface area contributed by atoms with E-state index in [0.717, 1.165) is 16.3 Å². The molecule has 1 amide bonds. The van der Waals surface area contributed by atoms with Crippen molar-refractivity contribution in [1.29, 1.82) is 0 Å². The quantitative estimate of drug-likeness (QED) is 0.673. The summed E-state index contributed by atoms with van der Waals surface area (Å²) < 4.78 is 37.3. The number of sulfone groups is 1. The first-order valence-electron chi connectivity index (χ1n) is 9.16. The van der Waals surface area contributed by atoms with Crippen molar-refractivity contribution < 1.29 is 17.6 Å². The fourth-order valence-electron chi connectivity index (χ4n) is 3.74. The summed E-state index contributed by atoms with van der Waals surface area (Å²) in [6.45, 7) is 0.239. The molecule has 0 bridgehead atoms. The van der Waals surface area contributed by atoms with E-state index >= 15 is 0 Å². The van der Waals surface area contributed by atoms with Crippen molar-refractivity contribution >= 4 is 26.5 Å². The summed E-state index contributed by atoms with van der Waals surface area (Å²) in [5, 5.41) is 1.79. The molecular formula is C22H20FNO3S. The van der Waals surface area contributed by atoms with Crippen LogP contribution in [0.3, 0.4) is 0 Å². The molecule has 0 radical (unpaired) electrons. The molecule has 1 saturated heterocycles. The van der Waals surface area contributed by atoms with Crippen molar-refractivity contribution in [3.05, 3.63) is 83.7 Å². The van der Waals surface area contributed by atoms with Crippen molar-refractivity contribution in [3.63, 3.8) is 0 Å². The Morgan fingerprint density at radius 3 is 2.43 bits per heavy atom. The SMILES string of the molecule is O=C(c1cccc2ccccc12)N(Cc1ccc(F)cc1)C1CCS(=O)(=O)C1. The van der Waals surface area contributed by atoms with Gasteiger partial charge in [-0.15, -0.1) is 0 Å². The minimum Gasteiger partial charge on any atom is -0.330 e. The summed E-state index contributed by atoms with van der Waals surface area (Å²) in [6, 6.07) is 18.7. The molecule has 1 atom stereocenters. The van der Waals surface area contributed by atoms with Gasteiger partial charge in [0.25, 0.3) is 5.91 Å². The summed E-state index contributed by atoms with van der Waals surface area (Å²) in [5.74, 6) is -0.507. The number of fused-ring (bicyclic) bond motifs is 1. The maximum Gasteiger partial charge on any atom is 0.255 e. The topological polar surface area (TPSA) is 54.5 Å². The van der Waals surface area contributed by atoms with Crippen LogP contribution in [0.4, 0.5) is 4.39 Å². The maximum atomic E-state index is 13.5. The zero-order valence-electron chi connectivity index (χ0n) is 15.2. The minimum absolute atomic E-state index is 0.0370. The van der Waals surface area contributed by atoms with Crippen LogP contribution in [0.1, 0.15) is 22.3 Å². The molecular weight excluding hydrogens is 377 g/mol. The molecule has 4 nitrogen and oxygen atoms in total. The molecule has 3 aromatic carbocycles. The maximum absolute atomic E-state index is 13.5. The van der Waals surface area contributed by atoms with Gasteiger partial charge >= 0.3 is 0 Å². The zero-order valence-corrected chi connectivity index (χ0v) is 16.0. The molecule has 6 heteroatoms. The lowest BCUT2D eigenvalue weighted by molar-refractivity contribution is 0.0683. The number of carbonyl (C=O) groups excluding carboxylic acids is 1. The Morgan fingerprint density at radius 2 is 1.71 bits per heavy atom. The largest absolute Gasteiger partial charge is 0.330 e. The van der Waals surface area contributed by atoms with E-state index in [2.05, 4.69) is 0 Å². The third kappa shape index (κ3) is 3.78. The Labute approximate surface area is 163 Å². The second kappa shape index (κ2) is 7.36. The van der Waals surface area contributed by atoms with Crippen LogP contribution in [0.15, 0.2) is 66.7 Å². The van der Waals surface area contributed by atoms with Crippen molar-refractivity contribution in [3.8, 4) is 0 Å². The Balaban J connectivity index is 1.73. The Morgan fingerprint density at radius 1 is 1.00 bits per heavy atom. The standard InChI is InChI=1S/C22H20FNO3S/c23-18-10-8-16(9-11-18)14-24(19-12-13-28(26,27)15-19)22(25)21-7-3-5-17-4-1-2-6-20(17)21/h1-11,19H,12-15H2. The number of benzene rings is 3. The van der Waals surface area contributed by atoms with Gasteiger partial charge in [0.15, 0.2) is 9.84 Å². The van der Waals surface area contributed by atoms with Gasteiger partial charge in [0.1, 0.15) is 5.82 Å². The highest BCUT2D eigenvalue weighted by Gasteiger charge is 2.35.